The summed E-state index contributed by atoms with van der Waals surface area (Å²) in [6.07, 6.45) is 0. The molecule has 0 aliphatic rings. The van der Waals surface area contributed by atoms with Gasteiger partial charge in [-0.1, -0.05) is 67.5 Å². The van der Waals surface area contributed by atoms with Crippen LogP contribution < -0.4 is 10.9 Å². The number of nitrogens with zero attached hydrogens (tertiary/aromatic N) is 1. The molecule has 0 bridgehead atoms. The zero-order valence-electron chi connectivity index (χ0n) is 17.9. The molecule has 0 spiro atoms. The van der Waals surface area contributed by atoms with Gasteiger partial charge in [-0.05, 0) is 41.7 Å². The first-order chi connectivity index (χ1) is 15.3. The maximum Gasteiger partial charge on any atom is 0.260 e. The highest BCUT2D eigenvalue weighted by atomic mass is 35.5. The van der Waals surface area contributed by atoms with Crippen LogP contribution in [0.25, 0.3) is 21.3 Å². The van der Waals surface area contributed by atoms with E-state index >= 15 is 0 Å². The van der Waals surface area contributed by atoms with Gasteiger partial charge < -0.3 is 10.3 Å². The lowest BCUT2D eigenvalue weighted by molar-refractivity contribution is -0.113. The second-order valence-electron chi connectivity index (χ2n) is 7.78. The normalized spacial score (nSPS) is 11.3. The monoisotopic (exact) mass is 483 g/mol. The van der Waals surface area contributed by atoms with Crippen molar-refractivity contribution < 1.29 is 4.79 Å². The number of fused-ring (bicyclic) bond motifs is 1. The Morgan fingerprint density at radius 1 is 1.22 bits per heavy atom. The molecule has 32 heavy (non-hydrogen) atoms. The van der Waals surface area contributed by atoms with Crippen molar-refractivity contribution in [2.75, 3.05) is 11.1 Å². The van der Waals surface area contributed by atoms with Crippen LogP contribution in [0, 0.1) is 6.92 Å². The first-order valence-electron chi connectivity index (χ1n) is 10.1. The zero-order valence-corrected chi connectivity index (χ0v) is 20.3. The number of nitrogens with one attached hydrogen (secondary N) is 2. The lowest BCUT2D eigenvalue weighted by Gasteiger charge is -2.07. The molecule has 0 fully saturated rings. The number of benzene rings is 2. The molecule has 2 N–H and O–H groups in total. The highest BCUT2D eigenvalue weighted by Gasteiger charge is 2.14. The van der Waals surface area contributed by atoms with Crippen LogP contribution in [-0.4, -0.2) is 21.6 Å². The van der Waals surface area contributed by atoms with Crippen LogP contribution in [0.2, 0.25) is 5.02 Å². The molecule has 0 saturated carbocycles. The number of amides is 1. The van der Waals surface area contributed by atoms with Crippen molar-refractivity contribution in [1.29, 1.82) is 0 Å². The minimum Gasteiger partial charge on any atom is -0.325 e. The summed E-state index contributed by atoms with van der Waals surface area (Å²) >= 11 is 8.72. The smallest absolute Gasteiger partial charge is 0.260 e. The Balaban J connectivity index is 1.49. The average Bonchev–Trinajstić information content (AvgIpc) is 3.19. The van der Waals surface area contributed by atoms with Crippen molar-refractivity contribution in [3.8, 4) is 11.1 Å². The van der Waals surface area contributed by atoms with Gasteiger partial charge in [0.2, 0.25) is 5.91 Å². The molecule has 2 aromatic heterocycles. The van der Waals surface area contributed by atoms with Crippen LogP contribution in [0.3, 0.4) is 0 Å². The van der Waals surface area contributed by atoms with Crippen molar-refractivity contribution in [1.82, 2.24) is 9.97 Å². The number of rotatable bonds is 6. The molecule has 8 heteroatoms. The Morgan fingerprint density at radius 3 is 2.66 bits per heavy atom. The number of thioether (sulfide) groups is 1. The van der Waals surface area contributed by atoms with Gasteiger partial charge in [-0.3, -0.25) is 9.59 Å². The van der Waals surface area contributed by atoms with Crippen molar-refractivity contribution in [2.45, 2.75) is 31.8 Å². The molecule has 2 aromatic carbocycles. The van der Waals surface area contributed by atoms with Gasteiger partial charge in [0.25, 0.3) is 5.56 Å². The van der Waals surface area contributed by atoms with Crippen LogP contribution in [0.4, 0.5) is 5.69 Å². The Kier molecular flexibility index (Phi) is 6.69. The molecule has 4 rings (SSSR count). The third-order valence-corrected chi connectivity index (χ3v) is 7.26. The highest BCUT2D eigenvalue weighted by Crippen LogP contribution is 2.32. The number of aryl methyl sites for hydroxylation is 1. The number of halogens is 1. The summed E-state index contributed by atoms with van der Waals surface area (Å²) in [7, 11) is 0. The van der Waals surface area contributed by atoms with Crippen LogP contribution in [0.15, 0.2) is 57.8 Å². The van der Waals surface area contributed by atoms with E-state index in [-0.39, 0.29) is 17.2 Å². The molecule has 1 amide bonds. The first-order valence-corrected chi connectivity index (χ1v) is 12.4. The summed E-state index contributed by atoms with van der Waals surface area (Å²) in [5.41, 5.74) is 4.50. The number of anilines is 1. The maximum atomic E-state index is 12.8. The molecule has 0 aliphatic carbocycles. The molecule has 2 heterocycles. The minimum absolute atomic E-state index is 0.120. The zero-order chi connectivity index (χ0) is 22.8. The predicted octanol–water partition coefficient (Wildman–Crippen LogP) is 6.47. The van der Waals surface area contributed by atoms with Crippen molar-refractivity contribution in [3.05, 3.63) is 74.3 Å². The lowest BCUT2D eigenvalue weighted by Crippen LogP contribution is -2.15. The molecule has 0 radical (unpaired) electrons. The van der Waals surface area contributed by atoms with Crippen LogP contribution in [-0.2, 0) is 4.79 Å². The predicted molar refractivity (Wildman–Crippen MR) is 135 cm³/mol. The number of hydrogen-bond acceptors (Lipinski definition) is 5. The van der Waals surface area contributed by atoms with Crippen molar-refractivity contribution >= 4 is 56.5 Å². The van der Waals surface area contributed by atoms with Gasteiger partial charge in [-0.15, -0.1) is 11.3 Å². The number of aromatic amines is 1. The Bertz CT molecular complexity index is 1340. The molecule has 0 atom stereocenters. The van der Waals surface area contributed by atoms with E-state index in [0.717, 1.165) is 16.7 Å². The van der Waals surface area contributed by atoms with E-state index < -0.39 is 0 Å². The van der Waals surface area contributed by atoms with Crippen molar-refractivity contribution in [3.63, 3.8) is 0 Å². The van der Waals surface area contributed by atoms with Gasteiger partial charge in [-0.2, -0.15) is 0 Å². The fraction of sp³-hybridized carbons (Fsp3) is 0.208. The minimum atomic E-state index is -0.201. The average molecular weight is 484 g/mol. The molecular formula is C24H22ClN3O2S2. The quantitative estimate of drug-likeness (QED) is 0.243. The number of carbonyl (C=O) groups is 1. The van der Waals surface area contributed by atoms with E-state index in [0.29, 0.717) is 32.0 Å². The SMILES string of the molecule is Cc1ccc(NC(=O)CSc2nc3scc(-c4ccc(C(C)C)cc4)c3c(=O)[nH]2)cc1Cl. The highest BCUT2D eigenvalue weighted by molar-refractivity contribution is 7.99. The van der Waals surface area contributed by atoms with E-state index in [4.69, 9.17) is 11.6 Å². The summed E-state index contributed by atoms with van der Waals surface area (Å²) in [5, 5.41) is 6.36. The number of aromatic nitrogens is 2. The lowest BCUT2D eigenvalue weighted by atomic mass is 9.99. The fourth-order valence-corrected chi connectivity index (χ4v) is 5.11. The largest absolute Gasteiger partial charge is 0.325 e. The third kappa shape index (κ3) is 4.90. The van der Waals surface area contributed by atoms with E-state index in [1.165, 1.54) is 28.7 Å². The van der Waals surface area contributed by atoms with Gasteiger partial charge in [0.05, 0.1) is 11.1 Å². The van der Waals surface area contributed by atoms with Gasteiger partial charge >= 0.3 is 0 Å². The second-order valence-corrected chi connectivity index (χ2v) is 10.0. The number of carbonyl (C=O) groups excluding carboxylic acids is 1. The van der Waals surface area contributed by atoms with Crippen LogP contribution >= 0.6 is 34.7 Å². The molecular weight excluding hydrogens is 462 g/mol. The summed E-state index contributed by atoms with van der Waals surface area (Å²) in [4.78, 5) is 33.1. The summed E-state index contributed by atoms with van der Waals surface area (Å²) < 4.78 is 0. The topological polar surface area (TPSA) is 74.8 Å². The summed E-state index contributed by atoms with van der Waals surface area (Å²) in [6.45, 7) is 6.21. The van der Waals surface area contributed by atoms with Crippen molar-refractivity contribution in [2.24, 2.45) is 0 Å². The molecule has 4 aromatic rings. The van der Waals surface area contributed by atoms with Gasteiger partial charge in [0.1, 0.15) is 4.83 Å². The number of H-pyrrole nitrogens is 1. The molecule has 164 valence electrons. The Labute approximate surface area is 199 Å². The van der Waals surface area contributed by atoms with Gasteiger partial charge in [0, 0.05) is 21.7 Å². The van der Waals surface area contributed by atoms with Gasteiger partial charge in [-0.25, -0.2) is 4.98 Å². The summed E-state index contributed by atoms with van der Waals surface area (Å²) in [5.74, 6) is 0.373. The van der Waals surface area contributed by atoms with E-state index in [2.05, 4.69) is 41.3 Å². The standard InChI is InChI=1S/C24H22ClN3O2S2/c1-13(2)15-5-7-16(8-6-15)18-11-31-23-21(18)22(30)27-24(28-23)32-12-20(29)26-17-9-4-14(3)19(25)10-17/h4-11,13H,12H2,1-3H3,(H,26,29)(H,27,28,30). The van der Waals surface area contributed by atoms with E-state index in [9.17, 15) is 9.59 Å². The van der Waals surface area contributed by atoms with E-state index in [1.807, 2.05) is 30.5 Å². The number of hydrogen-bond donors (Lipinski definition) is 2. The molecule has 0 saturated heterocycles. The van der Waals surface area contributed by atoms with Crippen LogP contribution in [0.5, 0.6) is 0 Å². The maximum absolute atomic E-state index is 12.8. The Hall–Kier alpha value is -2.61. The summed E-state index contributed by atoms with van der Waals surface area (Å²) in [6, 6.07) is 13.6. The first kappa shape index (κ1) is 22.6. The van der Waals surface area contributed by atoms with Gasteiger partial charge in [0.15, 0.2) is 5.16 Å². The molecule has 0 unspecified atom stereocenters. The number of thiophene rings is 1. The molecule has 0 aliphatic heterocycles. The third-order valence-electron chi connectivity index (χ3n) is 5.11. The second kappa shape index (κ2) is 9.48. The molecule has 5 nitrogen and oxygen atoms in total. The van der Waals surface area contributed by atoms with Crippen LogP contribution in [0.1, 0.15) is 30.9 Å². The Morgan fingerprint density at radius 2 is 1.97 bits per heavy atom. The van der Waals surface area contributed by atoms with E-state index in [1.54, 1.807) is 12.1 Å². The fourth-order valence-electron chi connectivity index (χ4n) is 3.26.